The summed E-state index contributed by atoms with van der Waals surface area (Å²) in [5, 5.41) is 2.72. The van der Waals surface area contributed by atoms with Gasteiger partial charge in [0.15, 0.2) is 0 Å². The van der Waals surface area contributed by atoms with E-state index in [1.807, 2.05) is 25.1 Å². The van der Waals surface area contributed by atoms with Gasteiger partial charge in [0.2, 0.25) is 0 Å². The quantitative estimate of drug-likeness (QED) is 0.159. The predicted molar refractivity (Wildman–Crippen MR) is 160 cm³/mol. The Morgan fingerprint density at radius 2 is 1.50 bits per heavy atom. The highest BCUT2D eigenvalue weighted by molar-refractivity contribution is 5.94. The molecule has 3 rings (SSSR count). The highest BCUT2D eigenvalue weighted by Gasteiger charge is 2.31. The van der Waals surface area contributed by atoms with E-state index in [0.717, 1.165) is 29.5 Å². The van der Waals surface area contributed by atoms with Crippen molar-refractivity contribution in [1.29, 1.82) is 0 Å². The Morgan fingerprint density at radius 1 is 0.841 bits per heavy atom. The van der Waals surface area contributed by atoms with Gasteiger partial charge in [-0.1, -0.05) is 49.7 Å². The molecule has 0 radical (unpaired) electrons. The molecule has 0 atom stereocenters. The van der Waals surface area contributed by atoms with Crippen LogP contribution in [0, 0.1) is 0 Å². The van der Waals surface area contributed by atoms with Gasteiger partial charge in [-0.3, -0.25) is 9.59 Å². The Kier molecular flexibility index (Phi) is 12.0. The van der Waals surface area contributed by atoms with Crippen molar-refractivity contribution in [2.45, 2.75) is 71.8 Å². The number of rotatable bonds is 13. The topological polar surface area (TPSA) is 90.9 Å². The molecule has 1 N–H and O–H groups in total. The molecular formula is C34H38F3NO6. The van der Waals surface area contributed by atoms with Crippen LogP contribution in [0.25, 0.3) is 11.1 Å². The van der Waals surface area contributed by atoms with Crippen LogP contribution < -0.4 is 10.1 Å². The minimum atomic E-state index is -4.78. The van der Waals surface area contributed by atoms with E-state index in [2.05, 4.69) is 10.1 Å². The summed E-state index contributed by atoms with van der Waals surface area (Å²) < 4.78 is 52.3. The normalized spacial score (nSPS) is 11.5. The number of ether oxygens (including phenoxy) is 3. The third-order valence-electron chi connectivity index (χ3n) is 6.41. The number of alkyl halides is 3. The summed E-state index contributed by atoms with van der Waals surface area (Å²) in [6, 6.07) is 17.8. The van der Waals surface area contributed by atoms with Crippen LogP contribution >= 0.6 is 0 Å². The third-order valence-corrected chi connectivity index (χ3v) is 6.41. The van der Waals surface area contributed by atoms with Crippen LogP contribution in [0.5, 0.6) is 5.75 Å². The number of halogens is 3. The molecule has 44 heavy (non-hydrogen) atoms. The second-order valence-corrected chi connectivity index (χ2v) is 11.2. The van der Waals surface area contributed by atoms with E-state index in [9.17, 15) is 27.6 Å². The monoisotopic (exact) mass is 613 g/mol. The zero-order valence-electron chi connectivity index (χ0n) is 25.4. The fourth-order valence-corrected chi connectivity index (χ4v) is 4.29. The summed E-state index contributed by atoms with van der Waals surface area (Å²) in [5.41, 5.74) is 3.31. The third kappa shape index (κ3) is 11.4. The van der Waals surface area contributed by atoms with Crippen molar-refractivity contribution < 1.29 is 41.8 Å². The first-order valence-electron chi connectivity index (χ1n) is 14.5. The van der Waals surface area contributed by atoms with Gasteiger partial charge in [0.25, 0.3) is 5.91 Å². The Labute approximate surface area is 255 Å². The van der Waals surface area contributed by atoms with E-state index in [0.29, 0.717) is 36.1 Å². The average Bonchev–Trinajstić information content (AvgIpc) is 2.95. The molecule has 0 heterocycles. The lowest BCUT2D eigenvalue weighted by atomic mass is 9.94. The van der Waals surface area contributed by atoms with Crippen LogP contribution in [-0.4, -0.2) is 43.0 Å². The second-order valence-electron chi connectivity index (χ2n) is 11.2. The van der Waals surface area contributed by atoms with E-state index in [-0.39, 0.29) is 24.6 Å². The van der Waals surface area contributed by atoms with Crippen molar-refractivity contribution in [2.75, 3.05) is 13.2 Å². The van der Waals surface area contributed by atoms with E-state index in [4.69, 9.17) is 9.47 Å². The summed E-state index contributed by atoms with van der Waals surface area (Å²) in [7, 11) is 0. The number of hydrogen-bond donors (Lipinski definition) is 1. The average molecular weight is 614 g/mol. The Bertz CT molecular complexity index is 1410. The molecule has 0 aliphatic heterocycles. The maximum Gasteiger partial charge on any atom is 0.573 e. The largest absolute Gasteiger partial charge is 0.573 e. The Hall–Kier alpha value is -4.34. The number of aryl methyl sites for hydroxylation is 2. The highest BCUT2D eigenvalue weighted by atomic mass is 19.4. The lowest BCUT2D eigenvalue weighted by Crippen LogP contribution is -2.29. The van der Waals surface area contributed by atoms with Gasteiger partial charge in [-0.05, 0) is 92.6 Å². The van der Waals surface area contributed by atoms with Crippen LogP contribution in [-0.2, 0) is 27.1 Å². The molecule has 7 nitrogen and oxygen atoms in total. The Balaban J connectivity index is 1.70. The highest BCUT2D eigenvalue weighted by Crippen LogP contribution is 2.28. The maximum absolute atomic E-state index is 12.9. The molecule has 0 saturated carbocycles. The van der Waals surface area contributed by atoms with Gasteiger partial charge in [-0.2, -0.15) is 0 Å². The standard InChI is InChI=1S/C34H38F3NO6/c1-5-6-21-42-32(41)29-18-15-26(24-13-16-28(17-14-24)43-34(35,36)37)22-27(29)12-9-23-7-10-25(11-8-23)31(40)38-20-19-30(39)44-33(2,3)4/h7-8,10-11,13-18,22H,5-6,9,12,19-21H2,1-4H3,(H,38,40). The number of hydrogen-bond acceptors (Lipinski definition) is 6. The molecule has 0 spiro atoms. The van der Waals surface area contributed by atoms with Crippen LogP contribution in [0.2, 0.25) is 0 Å². The maximum atomic E-state index is 12.9. The van der Waals surface area contributed by atoms with E-state index in [1.165, 1.54) is 24.3 Å². The van der Waals surface area contributed by atoms with Crippen LogP contribution in [0.3, 0.4) is 0 Å². The molecular weight excluding hydrogens is 575 g/mol. The molecule has 0 aromatic heterocycles. The first kappa shape index (κ1) is 34.2. The zero-order valence-corrected chi connectivity index (χ0v) is 25.4. The minimum Gasteiger partial charge on any atom is -0.462 e. The lowest BCUT2D eigenvalue weighted by molar-refractivity contribution is -0.274. The minimum absolute atomic E-state index is 0.0643. The number of benzene rings is 3. The van der Waals surface area contributed by atoms with Crippen LogP contribution in [0.1, 0.15) is 78.8 Å². The lowest BCUT2D eigenvalue weighted by Gasteiger charge is -2.19. The smallest absolute Gasteiger partial charge is 0.462 e. The van der Waals surface area contributed by atoms with Gasteiger partial charge in [-0.15, -0.1) is 13.2 Å². The molecule has 3 aromatic carbocycles. The number of amides is 1. The van der Waals surface area contributed by atoms with Crippen molar-refractivity contribution in [1.82, 2.24) is 5.32 Å². The summed E-state index contributed by atoms with van der Waals surface area (Å²) >= 11 is 0. The summed E-state index contributed by atoms with van der Waals surface area (Å²) in [5.74, 6) is -1.46. The van der Waals surface area contributed by atoms with E-state index < -0.39 is 23.9 Å². The number of carbonyl (C=O) groups is 3. The van der Waals surface area contributed by atoms with Crippen molar-refractivity contribution in [3.8, 4) is 16.9 Å². The zero-order chi connectivity index (χ0) is 32.3. The van der Waals surface area contributed by atoms with E-state index >= 15 is 0 Å². The first-order chi connectivity index (χ1) is 20.7. The van der Waals surface area contributed by atoms with Crippen molar-refractivity contribution in [3.05, 3.63) is 89.0 Å². The molecule has 1 amide bonds. The van der Waals surface area contributed by atoms with Gasteiger partial charge >= 0.3 is 18.3 Å². The second kappa shape index (κ2) is 15.4. The van der Waals surface area contributed by atoms with Crippen molar-refractivity contribution >= 4 is 17.8 Å². The van der Waals surface area contributed by atoms with Gasteiger partial charge < -0.3 is 19.5 Å². The first-order valence-corrected chi connectivity index (χ1v) is 14.5. The molecule has 0 bridgehead atoms. The predicted octanol–water partition coefficient (Wildman–Crippen LogP) is 7.46. The number of nitrogens with one attached hydrogen (secondary N) is 1. The molecule has 236 valence electrons. The van der Waals surface area contributed by atoms with Gasteiger partial charge in [0.05, 0.1) is 18.6 Å². The SMILES string of the molecule is CCCCOC(=O)c1ccc(-c2ccc(OC(F)(F)F)cc2)cc1CCc1ccc(C(=O)NCCC(=O)OC(C)(C)C)cc1. The number of esters is 2. The molecule has 3 aromatic rings. The molecule has 0 fully saturated rings. The van der Waals surface area contributed by atoms with Crippen LogP contribution in [0.4, 0.5) is 13.2 Å². The Morgan fingerprint density at radius 3 is 2.11 bits per heavy atom. The fourth-order valence-electron chi connectivity index (χ4n) is 4.29. The molecule has 0 saturated heterocycles. The molecule has 0 unspecified atom stereocenters. The fraction of sp³-hybridized carbons (Fsp3) is 0.382. The van der Waals surface area contributed by atoms with Gasteiger partial charge in [0.1, 0.15) is 11.4 Å². The molecule has 0 aliphatic carbocycles. The van der Waals surface area contributed by atoms with E-state index in [1.54, 1.807) is 45.0 Å². The summed E-state index contributed by atoms with van der Waals surface area (Å²) in [6.45, 7) is 7.79. The van der Waals surface area contributed by atoms with Crippen molar-refractivity contribution in [2.24, 2.45) is 0 Å². The summed E-state index contributed by atoms with van der Waals surface area (Å²) in [6.07, 6.45) is -2.06. The van der Waals surface area contributed by atoms with Crippen LogP contribution in [0.15, 0.2) is 66.7 Å². The summed E-state index contributed by atoms with van der Waals surface area (Å²) in [4.78, 5) is 37.2. The molecule has 0 aliphatic rings. The van der Waals surface area contributed by atoms with Gasteiger partial charge in [-0.25, -0.2) is 4.79 Å². The number of carbonyl (C=O) groups excluding carboxylic acids is 3. The number of unbranched alkanes of at least 4 members (excludes halogenated alkanes) is 1. The van der Waals surface area contributed by atoms with Gasteiger partial charge in [0, 0.05) is 12.1 Å². The molecule has 10 heteroatoms. The van der Waals surface area contributed by atoms with Crippen molar-refractivity contribution in [3.63, 3.8) is 0 Å².